The van der Waals surface area contributed by atoms with Gasteiger partial charge in [-0.1, -0.05) is 6.08 Å². The average molecular weight is 447 g/mol. The molecule has 2 aromatic rings. The summed E-state index contributed by atoms with van der Waals surface area (Å²) in [7, 11) is 0. The first kappa shape index (κ1) is 23.3. The Balaban J connectivity index is 1.96. The van der Waals surface area contributed by atoms with Gasteiger partial charge in [-0.25, -0.2) is 9.97 Å². The Kier molecular flexibility index (Phi) is 7.14. The molecule has 1 aliphatic rings. The summed E-state index contributed by atoms with van der Waals surface area (Å²) in [5, 5.41) is 5.64. The highest BCUT2D eigenvalue weighted by Gasteiger charge is 2.31. The Labute approximate surface area is 183 Å². The predicted molar refractivity (Wildman–Crippen MR) is 117 cm³/mol. The normalized spacial score (nSPS) is 14.7. The fourth-order valence-corrected chi connectivity index (χ4v) is 3.38. The number of hydrogen-bond acceptors (Lipinski definition) is 6. The van der Waals surface area contributed by atoms with Gasteiger partial charge in [-0.2, -0.15) is 13.2 Å². The standard InChI is InChI=1S/C22H24F3N5O2/c1-13(16-3-5-32-6-4-16)7-19-20(29-14(2)30-21(19)28-12-31)27-11-15-8-17(22(23,24)25)10-18(26)9-15/h3,7-10,12H,4-6,11,26H2,1-2H3,(H2,27,28,29,30,31)/b13-7+. The molecular formula is C22H24F3N5O2. The van der Waals surface area contributed by atoms with Gasteiger partial charge in [0.05, 0.1) is 24.3 Å². The van der Waals surface area contributed by atoms with E-state index in [-0.39, 0.29) is 12.2 Å². The average Bonchev–Trinajstić information content (AvgIpc) is 2.74. The van der Waals surface area contributed by atoms with Crippen LogP contribution in [0, 0.1) is 6.92 Å². The smallest absolute Gasteiger partial charge is 0.399 e. The number of anilines is 3. The SMILES string of the molecule is C/C(=C\c1c(NC=O)nc(C)nc1NCc1cc(N)cc(C(F)(F)F)c1)C1=CCOCC1. The lowest BCUT2D eigenvalue weighted by molar-refractivity contribution is -0.137. The Morgan fingerprint density at radius 3 is 2.66 bits per heavy atom. The molecule has 32 heavy (non-hydrogen) atoms. The van der Waals surface area contributed by atoms with Crippen molar-refractivity contribution in [3.8, 4) is 0 Å². The van der Waals surface area contributed by atoms with E-state index in [2.05, 4.69) is 20.6 Å². The number of amides is 1. The summed E-state index contributed by atoms with van der Waals surface area (Å²) >= 11 is 0. The van der Waals surface area contributed by atoms with Gasteiger partial charge in [0.25, 0.3) is 0 Å². The van der Waals surface area contributed by atoms with Gasteiger partial charge < -0.3 is 21.1 Å². The monoisotopic (exact) mass is 447 g/mol. The zero-order chi connectivity index (χ0) is 23.3. The first-order valence-corrected chi connectivity index (χ1v) is 9.92. The number of hydrogen-bond donors (Lipinski definition) is 3. The Bertz CT molecular complexity index is 1060. The quantitative estimate of drug-likeness (QED) is 0.432. The maximum absolute atomic E-state index is 13.1. The number of nitrogen functional groups attached to an aromatic ring is 1. The van der Waals surface area contributed by atoms with Gasteiger partial charge in [-0.15, -0.1) is 0 Å². The topological polar surface area (TPSA) is 102 Å². The van der Waals surface area contributed by atoms with E-state index in [1.165, 1.54) is 6.07 Å². The first-order chi connectivity index (χ1) is 15.2. The van der Waals surface area contributed by atoms with E-state index in [0.717, 1.165) is 29.7 Å². The lowest BCUT2D eigenvalue weighted by Gasteiger charge is -2.17. The maximum atomic E-state index is 13.1. The van der Waals surface area contributed by atoms with Crippen LogP contribution in [0.25, 0.3) is 6.08 Å². The molecule has 1 aromatic carbocycles. The second kappa shape index (κ2) is 9.82. The largest absolute Gasteiger partial charge is 0.416 e. The second-order valence-electron chi connectivity index (χ2n) is 7.34. The number of nitrogens with one attached hydrogen (secondary N) is 2. The van der Waals surface area contributed by atoms with Crippen LogP contribution < -0.4 is 16.4 Å². The van der Waals surface area contributed by atoms with Crippen LogP contribution in [0.15, 0.2) is 35.4 Å². The number of halogens is 3. The number of alkyl halides is 3. The molecule has 0 saturated carbocycles. The minimum Gasteiger partial charge on any atom is -0.399 e. The molecule has 0 saturated heterocycles. The molecule has 1 amide bonds. The highest BCUT2D eigenvalue weighted by atomic mass is 19.4. The van der Waals surface area contributed by atoms with Crippen molar-refractivity contribution in [2.45, 2.75) is 33.0 Å². The zero-order valence-electron chi connectivity index (χ0n) is 17.7. The van der Waals surface area contributed by atoms with Gasteiger partial charge in [0.1, 0.15) is 17.5 Å². The summed E-state index contributed by atoms with van der Waals surface area (Å²) < 4.78 is 44.7. The number of allylic oxidation sites excluding steroid dienone is 1. The predicted octanol–water partition coefficient (Wildman–Crippen LogP) is 4.32. The highest BCUT2D eigenvalue weighted by molar-refractivity contribution is 5.82. The van der Waals surface area contributed by atoms with Crippen molar-refractivity contribution in [2.24, 2.45) is 0 Å². The number of ether oxygens (including phenoxy) is 1. The zero-order valence-corrected chi connectivity index (χ0v) is 17.7. The fraction of sp³-hybridized carbons (Fsp3) is 0.318. The van der Waals surface area contributed by atoms with Crippen LogP contribution >= 0.6 is 0 Å². The Hall–Kier alpha value is -3.40. The first-order valence-electron chi connectivity index (χ1n) is 9.92. The summed E-state index contributed by atoms with van der Waals surface area (Å²) in [4.78, 5) is 19.8. The third-order valence-corrected chi connectivity index (χ3v) is 4.89. The molecule has 4 N–H and O–H groups in total. The van der Waals surface area contributed by atoms with Crippen molar-refractivity contribution in [1.82, 2.24) is 9.97 Å². The van der Waals surface area contributed by atoms with Crippen molar-refractivity contribution < 1.29 is 22.7 Å². The third-order valence-electron chi connectivity index (χ3n) is 4.89. The van der Waals surface area contributed by atoms with Crippen molar-refractivity contribution in [3.63, 3.8) is 0 Å². The van der Waals surface area contributed by atoms with Crippen LogP contribution in [0.3, 0.4) is 0 Å². The number of carbonyl (C=O) groups is 1. The Morgan fingerprint density at radius 2 is 2.00 bits per heavy atom. The molecule has 0 radical (unpaired) electrons. The number of aromatic nitrogens is 2. The van der Waals surface area contributed by atoms with Crippen LogP contribution in [0.1, 0.15) is 35.9 Å². The minimum atomic E-state index is -4.50. The molecule has 3 rings (SSSR count). The summed E-state index contributed by atoms with van der Waals surface area (Å²) in [5.74, 6) is 1.07. The van der Waals surface area contributed by atoms with Gasteiger partial charge in [0.15, 0.2) is 0 Å². The van der Waals surface area contributed by atoms with Crippen molar-refractivity contribution in [3.05, 3.63) is 57.9 Å². The molecule has 0 fully saturated rings. The summed E-state index contributed by atoms with van der Waals surface area (Å²) in [6.07, 6.45) is 0.581. The maximum Gasteiger partial charge on any atom is 0.416 e. The number of carbonyl (C=O) groups excluding carboxylic acids is 1. The van der Waals surface area contributed by atoms with Gasteiger partial charge in [0, 0.05) is 12.2 Å². The minimum absolute atomic E-state index is 0.0150. The molecule has 7 nitrogen and oxygen atoms in total. The lowest BCUT2D eigenvalue weighted by Crippen LogP contribution is -2.11. The molecule has 2 heterocycles. The van der Waals surface area contributed by atoms with Crippen molar-refractivity contribution in [1.29, 1.82) is 0 Å². The molecule has 0 aliphatic carbocycles. The van der Waals surface area contributed by atoms with Gasteiger partial charge in [-0.3, -0.25) is 4.79 Å². The molecule has 0 unspecified atom stereocenters. The second-order valence-corrected chi connectivity index (χ2v) is 7.34. The van der Waals surface area contributed by atoms with Crippen LogP contribution in [0.4, 0.5) is 30.5 Å². The number of rotatable bonds is 7. The van der Waals surface area contributed by atoms with Crippen LogP contribution in [-0.2, 0) is 22.3 Å². The van der Waals surface area contributed by atoms with Crippen molar-refractivity contribution >= 4 is 29.8 Å². The van der Waals surface area contributed by atoms with E-state index in [4.69, 9.17) is 10.5 Å². The van der Waals surface area contributed by atoms with E-state index in [1.54, 1.807) is 6.92 Å². The van der Waals surface area contributed by atoms with Gasteiger partial charge in [-0.05, 0) is 61.3 Å². The summed E-state index contributed by atoms with van der Waals surface area (Å²) in [6.45, 7) is 4.76. The summed E-state index contributed by atoms with van der Waals surface area (Å²) in [5.41, 5.74) is 7.77. The van der Waals surface area contributed by atoms with Crippen LogP contribution in [0.2, 0.25) is 0 Å². The lowest BCUT2D eigenvalue weighted by atomic mass is 10.0. The highest BCUT2D eigenvalue weighted by Crippen LogP contribution is 2.32. The molecule has 170 valence electrons. The molecule has 10 heteroatoms. The van der Waals surface area contributed by atoms with Crippen LogP contribution in [0.5, 0.6) is 0 Å². The number of aryl methyl sites for hydroxylation is 1. The molecule has 0 spiro atoms. The number of nitrogens with zero attached hydrogens (tertiary/aromatic N) is 2. The Morgan fingerprint density at radius 1 is 1.25 bits per heavy atom. The van der Waals surface area contributed by atoms with E-state index in [0.29, 0.717) is 48.2 Å². The third kappa shape index (κ3) is 5.85. The van der Waals surface area contributed by atoms with E-state index in [9.17, 15) is 18.0 Å². The van der Waals surface area contributed by atoms with Crippen molar-refractivity contribution in [2.75, 3.05) is 29.6 Å². The van der Waals surface area contributed by atoms with E-state index >= 15 is 0 Å². The number of nitrogens with two attached hydrogens (primary N) is 1. The molecule has 0 bridgehead atoms. The molecular weight excluding hydrogens is 423 g/mol. The molecule has 0 atom stereocenters. The van der Waals surface area contributed by atoms with Gasteiger partial charge >= 0.3 is 6.18 Å². The van der Waals surface area contributed by atoms with Crippen LogP contribution in [-0.4, -0.2) is 29.6 Å². The van der Waals surface area contributed by atoms with Gasteiger partial charge in [0.2, 0.25) is 6.41 Å². The van der Waals surface area contributed by atoms with E-state index in [1.807, 2.05) is 19.1 Å². The fourth-order valence-electron chi connectivity index (χ4n) is 3.38. The number of benzene rings is 1. The molecule has 1 aliphatic heterocycles. The molecule has 1 aromatic heterocycles. The van der Waals surface area contributed by atoms with E-state index < -0.39 is 11.7 Å². The summed E-state index contributed by atoms with van der Waals surface area (Å²) in [6, 6.07) is 3.40.